The van der Waals surface area contributed by atoms with Gasteiger partial charge in [0.1, 0.15) is 0 Å². The highest BCUT2D eigenvalue weighted by atomic mass is 16.6. The van der Waals surface area contributed by atoms with Crippen LogP contribution in [0, 0.1) is 15.5 Å². The summed E-state index contributed by atoms with van der Waals surface area (Å²) in [5.74, 6) is 0. The van der Waals surface area contributed by atoms with E-state index in [0.29, 0.717) is 19.8 Å². The Morgan fingerprint density at radius 1 is 1.40 bits per heavy atom. The van der Waals surface area contributed by atoms with Crippen molar-refractivity contribution < 1.29 is 14.8 Å². The highest BCUT2D eigenvalue weighted by Gasteiger charge is 2.40. The van der Waals surface area contributed by atoms with Crippen LogP contribution in [0.4, 0.5) is 5.69 Å². The van der Waals surface area contributed by atoms with E-state index in [1.807, 2.05) is 6.07 Å². The molecule has 2 heterocycles. The molecule has 1 saturated heterocycles. The zero-order chi connectivity index (χ0) is 14.2. The molecule has 0 atom stereocenters. The van der Waals surface area contributed by atoms with Crippen LogP contribution in [-0.2, 0) is 17.7 Å². The van der Waals surface area contributed by atoms with Gasteiger partial charge < -0.3 is 9.84 Å². The van der Waals surface area contributed by atoms with E-state index < -0.39 is 0 Å². The van der Waals surface area contributed by atoms with Crippen LogP contribution in [0.15, 0.2) is 18.2 Å². The first-order valence-corrected chi connectivity index (χ1v) is 6.79. The molecule has 6 nitrogen and oxygen atoms in total. The number of benzene rings is 1. The summed E-state index contributed by atoms with van der Waals surface area (Å²) >= 11 is 0. The molecule has 2 aliphatic heterocycles. The predicted molar refractivity (Wildman–Crippen MR) is 72.4 cm³/mol. The van der Waals surface area contributed by atoms with E-state index in [9.17, 15) is 15.2 Å². The van der Waals surface area contributed by atoms with Crippen molar-refractivity contribution in [3.8, 4) is 0 Å². The molecular weight excluding hydrogens is 260 g/mol. The van der Waals surface area contributed by atoms with Crippen LogP contribution < -0.4 is 0 Å². The Labute approximate surface area is 117 Å². The third-order valence-corrected chi connectivity index (χ3v) is 4.20. The minimum Gasteiger partial charge on any atom is -0.396 e. The van der Waals surface area contributed by atoms with Crippen LogP contribution in [0.25, 0.3) is 0 Å². The van der Waals surface area contributed by atoms with Crippen LogP contribution in [-0.4, -0.2) is 47.8 Å². The van der Waals surface area contributed by atoms with Crippen molar-refractivity contribution >= 4 is 5.69 Å². The average molecular weight is 278 g/mol. The summed E-state index contributed by atoms with van der Waals surface area (Å²) in [6.45, 7) is 3.74. The number of nitrogens with zero attached hydrogens (tertiary/aromatic N) is 2. The fourth-order valence-corrected chi connectivity index (χ4v) is 2.95. The Kier molecular flexibility index (Phi) is 3.45. The molecule has 2 aliphatic rings. The van der Waals surface area contributed by atoms with E-state index in [1.54, 1.807) is 12.1 Å². The zero-order valence-electron chi connectivity index (χ0n) is 11.2. The van der Waals surface area contributed by atoms with Gasteiger partial charge in [-0.1, -0.05) is 6.07 Å². The number of aliphatic hydroxyl groups is 1. The van der Waals surface area contributed by atoms with Gasteiger partial charge in [0.15, 0.2) is 0 Å². The first kappa shape index (κ1) is 13.5. The molecule has 0 unspecified atom stereocenters. The summed E-state index contributed by atoms with van der Waals surface area (Å²) in [5, 5.41) is 20.3. The van der Waals surface area contributed by atoms with Gasteiger partial charge in [-0.3, -0.25) is 15.0 Å². The second-order valence-corrected chi connectivity index (χ2v) is 5.82. The number of non-ortho nitro benzene ring substituents is 1. The fraction of sp³-hybridized carbons (Fsp3) is 0.571. The molecule has 108 valence electrons. The molecule has 3 rings (SSSR count). The SMILES string of the molecule is O=[N+]([O-])c1ccc2c(c1)CN(CC1(CO)COC1)CC2. The molecule has 0 spiro atoms. The van der Waals surface area contributed by atoms with Crippen LogP contribution in [0.2, 0.25) is 0 Å². The van der Waals surface area contributed by atoms with Crippen molar-refractivity contribution in [3.63, 3.8) is 0 Å². The number of ether oxygens (including phenoxy) is 1. The summed E-state index contributed by atoms with van der Waals surface area (Å²) in [7, 11) is 0. The number of nitro benzene ring substituents is 1. The van der Waals surface area contributed by atoms with E-state index in [4.69, 9.17) is 4.74 Å². The van der Waals surface area contributed by atoms with Crippen molar-refractivity contribution in [2.45, 2.75) is 13.0 Å². The second kappa shape index (κ2) is 5.12. The average Bonchev–Trinajstić information content (AvgIpc) is 2.42. The molecule has 0 bridgehead atoms. The van der Waals surface area contributed by atoms with Gasteiger partial charge in [-0.05, 0) is 17.5 Å². The number of aliphatic hydroxyl groups excluding tert-OH is 1. The lowest BCUT2D eigenvalue weighted by atomic mass is 9.85. The summed E-state index contributed by atoms with van der Waals surface area (Å²) < 4.78 is 5.21. The largest absolute Gasteiger partial charge is 0.396 e. The highest BCUT2D eigenvalue weighted by molar-refractivity contribution is 5.41. The number of nitro groups is 1. The maximum atomic E-state index is 10.8. The van der Waals surface area contributed by atoms with Crippen LogP contribution in [0.1, 0.15) is 11.1 Å². The highest BCUT2D eigenvalue weighted by Crippen LogP contribution is 2.31. The summed E-state index contributed by atoms with van der Waals surface area (Å²) in [6, 6.07) is 5.10. The first-order valence-electron chi connectivity index (χ1n) is 6.79. The molecular formula is C14H18N2O4. The molecule has 1 aromatic rings. The monoisotopic (exact) mass is 278 g/mol. The maximum Gasteiger partial charge on any atom is 0.269 e. The molecule has 20 heavy (non-hydrogen) atoms. The van der Waals surface area contributed by atoms with E-state index in [2.05, 4.69) is 4.90 Å². The molecule has 0 saturated carbocycles. The van der Waals surface area contributed by atoms with Crippen molar-refractivity contribution in [2.24, 2.45) is 5.41 Å². The van der Waals surface area contributed by atoms with Crippen molar-refractivity contribution in [2.75, 3.05) is 32.9 Å². The van der Waals surface area contributed by atoms with Crippen LogP contribution >= 0.6 is 0 Å². The molecule has 0 amide bonds. The Bertz CT molecular complexity index is 522. The standard InChI is InChI=1S/C14H18N2O4/c17-8-14(9-20-10-14)7-15-4-3-11-1-2-13(16(18)19)5-12(11)6-15/h1-2,5,17H,3-4,6-10H2. The topological polar surface area (TPSA) is 75.8 Å². The molecule has 1 aromatic carbocycles. The van der Waals surface area contributed by atoms with Crippen LogP contribution in [0.3, 0.4) is 0 Å². The van der Waals surface area contributed by atoms with Gasteiger partial charge in [0.2, 0.25) is 0 Å². The third kappa shape index (κ3) is 2.42. The Morgan fingerprint density at radius 3 is 2.80 bits per heavy atom. The number of fused-ring (bicyclic) bond motifs is 1. The number of hydrogen-bond donors (Lipinski definition) is 1. The quantitative estimate of drug-likeness (QED) is 0.656. The first-order chi connectivity index (χ1) is 9.62. The van der Waals surface area contributed by atoms with E-state index in [-0.39, 0.29) is 22.6 Å². The van der Waals surface area contributed by atoms with Crippen LogP contribution in [0.5, 0.6) is 0 Å². The molecule has 0 aliphatic carbocycles. The van der Waals surface area contributed by atoms with Gasteiger partial charge in [0.25, 0.3) is 5.69 Å². The third-order valence-electron chi connectivity index (χ3n) is 4.20. The fourth-order valence-electron chi connectivity index (χ4n) is 2.95. The second-order valence-electron chi connectivity index (χ2n) is 5.82. The molecule has 6 heteroatoms. The summed E-state index contributed by atoms with van der Waals surface area (Å²) in [6.07, 6.45) is 0.899. The van der Waals surface area contributed by atoms with E-state index >= 15 is 0 Å². The Balaban J connectivity index is 1.73. The number of rotatable bonds is 4. The van der Waals surface area contributed by atoms with Crippen molar-refractivity contribution in [3.05, 3.63) is 39.4 Å². The Hall–Kier alpha value is -1.50. The lowest BCUT2D eigenvalue weighted by molar-refractivity contribution is -0.385. The molecule has 1 N–H and O–H groups in total. The molecule has 0 radical (unpaired) electrons. The summed E-state index contributed by atoms with van der Waals surface area (Å²) in [5.41, 5.74) is 2.22. The smallest absolute Gasteiger partial charge is 0.269 e. The minimum atomic E-state index is -0.353. The van der Waals surface area contributed by atoms with Crippen molar-refractivity contribution in [1.82, 2.24) is 4.90 Å². The van der Waals surface area contributed by atoms with Gasteiger partial charge in [0.05, 0.1) is 30.2 Å². The van der Waals surface area contributed by atoms with E-state index in [1.165, 1.54) is 5.56 Å². The van der Waals surface area contributed by atoms with Gasteiger partial charge in [-0.2, -0.15) is 0 Å². The lowest BCUT2D eigenvalue weighted by Crippen LogP contribution is -2.53. The van der Waals surface area contributed by atoms with Gasteiger partial charge >= 0.3 is 0 Å². The van der Waals surface area contributed by atoms with Crippen molar-refractivity contribution in [1.29, 1.82) is 0 Å². The van der Waals surface area contributed by atoms with E-state index in [0.717, 1.165) is 25.1 Å². The predicted octanol–water partition coefficient (Wildman–Crippen LogP) is 0.962. The summed E-state index contributed by atoms with van der Waals surface area (Å²) in [4.78, 5) is 12.7. The Morgan fingerprint density at radius 2 is 2.20 bits per heavy atom. The maximum absolute atomic E-state index is 10.8. The van der Waals surface area contributed by atoms with Gasteiger partial charge in [-0.25, -0.2) is 0 Å². The lowest BCUT2D eigenvalue weighted by Gasteiger charge is -2.44. The van der Waals surface area contributed by atoms with Gasteiger partial charge in [-0.15, -0.1) is 0 Å². The molecule has 0 aromatic heterocycles. The minimum absolute atomic E-state index is 0.130. The molecule has 1 fully saturated rings. The van der Waals surface area contributed by atoms with Gasteiger partial charge in [0, 0.05) is 31.8 Å². The normalized spacial score (nSPS) is 21.1. The number of hydrogen-bond acceptors (Lipinski definition) is 5. The zero-order valence-corrected chi connectivity index (χ0v) is 11.2.